The number of aromatic hydroxyl groups is 1. The maximum absolute atomic E-state index is 11.9. The third kappa shape index (κ3) is 3.37. The molecule has 6 heteroatoms. The molecule has 0 fully saturated rings. The zero-order valence-electron chi connectivity index (χ0n) is 10.2. The zero-order chi connectivity index (χ0) is 14.7. The Balaban J connectivity index is 2.16. The number of halogens is 3. The lowest BCUT2D eigenvalue weighted by Crippen LogP contribution is -2.14. The highest BCUT2D eigenvalue weighted by atomic mass is 35.5. The number of rotatable bonds is 3. The Morgan fingerprint density at radius 1 is 1.10 bits per heavy atom. The van der Waals surface area contributed by atoms with Crippen molar-refractivity contribution in [3.63, 3.8) is 0 Å². The molecule has 0 saturated heterocycles. The normalized spacial score (nSPS) is 10.3. The third-order valence-electron chi connectivity index (χ3n) is 2.62. The van der Waals surface area contributed by atoms with E-state index in [2.05, 4.69) is 5.32 Å². The van der Waals surface area contributed by atoms with Crippen LogP contribution in [0, 0.1) is 0 Å². The summed E-state index contributed by atoms with van der Waals surface area (Å²) in [4.78, 5) is 11.9. The van der Waals surface area contributed by atoms with Crippen molar-refractivity contribution in [2.24, 2.45) is 0 Å². The minimum absolute atomic E-state index is 0.0226. The van der Waals surface area contributed by atoms with Crippen molar-refractivity contribution in [1.29, 1.82) is 0 Å². The fourth-order valence-corrected chi connectivity index (χ4v) is 2.30. The van der Waals surface area contributed by atoms with Gasteiger partial charge >= 0.3 is 0 Å². The molecule has 0 aliphatic heterocycles. The van der Waals surface area contributed by atoms with Crippen LogP contribution in [0.1, 0.15) is 5.56 Å². The molecule has 0 bridgehead atoms. The summed E-state index contributed by atoms with van der Waals surface area (Å²) in [6.45, 7) is 0. The number of phenolic OH excluding ortho intramolecular Hbond substituents is 1. The van der Waals surface area contributed by atoms with Crippen LogP contribution in [0.25, 0.3) is 0 Å². The van der Waals surface area contributed by atoms with E-state index in [0.717, 1.165) is 5.56 Å². The van der Waals surface area contributed by atoms with Crippen molar-refractivity contribution in [3.05, 3.63) is 57.0 Å². The number of carbonyl (C=O) groups is 1. The maximum Gasteiger partial charge on any atom is 0.228 e. The molecule has 0 heterocycles. The molecule has 0 unspecified atom stereocenters. The molecule has 2 aromatic rings. The van der Waals surface area contributed by atoms with Crippen LogP contribution < -0.4 is 5.32 Å². The Morgan fingerprint density at radius 3 is 2.40 bits per heavy atom. The molecular weight excluding hydrogens is 321 g/mol. The number of anilines is 1. The lowest BCUT2D eigenvalue weighted by atomic mass is 10.1. The van der Waals surface area contributed by atoms with Gasteiger partial charge in [0.25, 0.3) is 0 Å². The standard InChI is InChI=1S/C14H10Cl3NO2/c15-9-7-10(12(16)13(17)14(9)20)18-11(19)6-8-4-2-1-3-5-8/h1-5,7,20H,6H2,(H,18,19). The van der Waals surface area contributed by atoms with Crippen molar-refractivity contribution >= 4 is 46.4 Å². The van der Waals surface area contributed by atoms with E-state index in [9.17, 15) is 9.90 Å². The molecule has 3 nitrogen and oxygen atoms in total. The third-order valence-corrected chi connectivity index (χ3v) is 3.76. The van der Waals surface area contributed by atoms with Gasteiger partial charge in [-0.3, -0.25) is 4.79 Å². The number of carbonyl (C=O) groups excluding carboxylic acids is 1. The first-order valence-electron chi connectivity index (χ1n) is 5.69. The van der Waals surface area contributed by atoms with Crippen molar-refractivity contribution in [3.8, 4) is 5.75 Å². The summed E-state index contributed by atoms with van der Waals surface area (Å²) in [6, 6.07) is 10.6. The molecule has 2 aromatic carbocycles. The first-order valence-corrected chi connectivity index (χ1v) is 6.82. The number of hydrogen-bond donors (Lipinski definition) is 2. The van der Waals surface area contributed by atoms with Gasteiger partial charge in [0.1, 0.15) is 5.02 Å². The second-order valence-electron chi connectivity index (χ2n) is 4.09. The van der Waals surface area contributed by atoms with Crippen LogP contribution in [-0.2, 0) is 11.2 Å². The number of phenols is 1. The second kappa shape index (κ2) is 6.35. The number of nitrogens with one attached hydrogen (secondary N) is 1. The van der Waals surface area contributed by atoms with E-state index in [1.54, 1.807) is 0 Å². The average molecular weight is 331 g/mol. The van der Waals surface area contributed by atoms with E-state index in [0.29, 0.717) is 0 Å². The Hall–Kier alpha value is -1.42. The molecule has 2 rings (SSSR count). The van der Waals surface area contributed by atoms with Gasteiger partial charge < -0.3 is 10.4 Å². The average Bonchev–Trinajstić information content (AvgIpc) is 2.43. The fourth-order valence-electron chi connectivity index (χ4n) is 1.65. The quantitative estimate of drug-likeness (QED) is 0.641. The highest BCUT2D eigenvalue weighted by Crippen LogP contribution is 2.42. The summed E-state index contributed by atoms with van der Waals surface area (Å²) in [7, 11) is 0. The SMILES string of the molecule is O=C(Cc1ccccc1)Nc1cc(Cl)c(O)c(Cl)c1Cl. The van der Waals surface area contributed by atoms with Crippen molar-refractivity contribution in [2.45, 2.75) is 6.42 Å². The molecule has 0 atom stereocenters. The minimum Gasteiger partial charge on any atom is -0.505 e. The number of amides is 1. The molecule has 2 N–H and O–H groups in total. The Kier molecular flexibility index (Phi) is 4.76. The summed E-state index contributed by atoms with van der Waals surface area (Å²) in [5.74, 6) is -0.560. The van der Waals surface area contributed by atoms with E-state index < -0.39 is 0 Å². The van der Waals surface area contributed by atoms with Gasteiger partial charge in [-0.2, -0.15) is 0 Å². The molecule has 0 spiro atoms. The summed E-state index contributed by atoms with van der Waals surface area (Å²) in [5, 5.41) is 12.1. The van der Waals surface area contributed by atoms with Crippen LogP contribution >= 0.6 is 34.8 Å². The van der Waals surface area contributed by atoms with Gasteiger partial charge in [-0.1, -0.05) is 65.1 Å². The molecular formula is C14H10Cl3NO2. The molecule has 0 aromatic heterocycles. The van der Waals surface area contributed by atoms with Crippen LogP contribution in [0.5, 0.6) is 5.75 Å². The summed E-state index contributed by atoms with van der Waals surface area (Å²) in [5.41, 5.74) is 1.14. The van der Waals surface area contributed by atoms with E-state index in [1.165, 1.54) is 6.07 Å². The first kappa shape index (κ1) is 15.0. The van der Waals surface area contributed by atoms with Gasteiger partial charge in [0.05, 0.1) is 22.2 Å². The minimum atomic E-state index is -0.306. The van der Waals surface area contributed by atoms with Crippen LogP contribution in [0.4, 0.5) is 5.69 Å². The van der Waals surface area contributed by atoms with E-state index in [1.807, 2.05) is 30.3 Å². The van der Waals surface area contributed by atoms with Gasteiger partial charge in [-0.25, -0.2) is 0 Å². The van der Waals surface area contributed by atoms with Gasteiger partial charge in [0, 0.05) is 0 Å². The Bertz CT molecular complexity index is 645. The molecule has 0 aliphatic carbocycles. The zero-order valence-corrected chi connectivity index (χ0v) is 12.4. The lowest BCUT2D eigenvalue weighted by molar-refractivity contribution is -0.115. The summed E-state index contributed by atoms with van der Waals surface area (Å²) in [6.07, 6.45) is 0.202. The Morgan fingerprint density at radius 2 is 1.75 bits per heavy atom. The van der Waals surface area contributed by atoms with Gasteiger partial charge in [0.15, 0.2) is 5.75 Å². The van der Waals surface area contributed by atoms with Crippen LogP contribution in [0.15, 0.2) is 36.4 Å². The predicted octanol–water partition coefficient (Wildman–Crippen LogP) is 4.53. The molecule has 104 valence electrons. The number of benzene rings is 2. The molecule has 0 saturated carbocycles. The van der Waals surface area contributed by atoms with Crippen molar-refractivity contribution < 1.29 is 9.90 Å². The smallest absolute Gasteiger partial charge is 0.228 e. The Labute approximate surface area is 131 Å². The number of hydrogen-bond acceptors (Lipinski definition) is 2. The first-order chi connectivity index (χ1) is 9.49. The molecule has 20 heavy (non-hydrogen) atoms. The predicted molar refractivity (Wildman–Crippen MR) is 81.9 cm³/mol. The van der Waals surface area contributed by atoms with Gasteiger partial charge in [-0.05, 0) is 11.6 Å². The highest BCUT2D eigenvalue weighted by molar-refractivity contribution is 6.46. The van der Waals surface area contributed by atoms with Crippen molar-refractivity contribution in [2.75, 3.05) is 5.32 Å². The topological polar surface area (TPSA) is 49.3 Å². The monoisotopic (exact) mass is 329 g/mol. The van der Waals surface area contributed by atoms with Crippen LogP contribution in [0.2, 0.25) is 15.1 Å². The summed E-state index contributed by atoms with van der Waals surface area (Å²) < 4.78 is 0. The van der Waals surface area contributed by atoms with Gasteiger partial charge in [-0.15, -0.1) is 0 Å². The fraction of sp³-hybridized carbons (Fsp3) is 0.0714. The van der Waals surface area contributed by atoms with Crippen LogP contribution in [0.3, 0.4) is 0 Å². The summed E-state index contributed by atoms with van der Waals surface area (Å²) >= 11 is 17.6. The van der Waals surface area contributed by atoms with E-state index >= 15 is 0 Å². The van der Waals surface area contributed by atoms with Gasteiger partial charge in [0.2, 0.25) is 5.91 Å². The molecule has 1 amide bonds. The molecule has 0 aliphatic rings. The highest BCUT2D eigenvalue weighted by Gasteiger charge is 2.15. The second-order valence-corrected chi connectivity index (χ2v) is 5.26. The van der Waals surface area contributed by atoms with E-state index in [4.69, 9.17) is 34.8 Å². The van der Waals surface area contributed by atoms with Crippen LogP contribution in [-0.4, -0.2) is 11.0 Å². The largest absolute Gasteiger partial charge is 0.505 e. The molecule has 0 radical (unpaired) electrons. The lowest BCUT2D eigenvalue weighted by Gasteiger charge is -2.10. The maximum atomic E-state index is 11.9. The van der Waals surface area contributed by atoms with E-state index in [-0.39, 0.29) is 38.8 Å². The van der Waals surface area contributed by atoms with Crippen molar-refractivity contribution in [1.82, 2.24) is 0 Å².